The zero-order chi connectivity index (χ0) is 23.1. The van der Waals surface area contributed by atoms with Gasteiger partial charge in [-0.3, -0.25) is 9.59 Å². The van der Waals surface area contributed by atoms with Crippen LogP contribution in [0.2, 0.25) is 0 Å². The van der Waals surface area contributed by atoms with Crippen LogP contribution in [0.15, 0.2) is 54.3 Å². The Labute approximate surface area is 186 Å². The van der Waals surface area contributed by atoms with Gasteiger partial charge in [0.25, 0.3) is 5.91 Å². The normalized spacial score (nSPS) is 25.0. The van der Waals surface area contributed by atoms with Crippen molar-refractivity contribution in [3.63, 3.8) is 0 Å². The van der Waals surface area contributed by atoms with Crippen molar-refractivity contribution in [3.05, 3.63) is 59.9 Å². The Bertz CT molecular complexity index is 881. The van der Waals surface area contributed by atoms with E-state index in [9.17, 15) is 14.4 Å². The number of nitrogens with zero attached hydrogens (tertiary/aromatic N) is 1. The highest BCUT2D eigenvalue weighted by atomic mass is 16.6. The molecule has 3 rings (SSSR count). The SMILES string of the molecule is CO[C@@H](C(=O)N1C(=O)O[C@@H](c2ccccc2)[C@H]1C)[C@@H]1OC(=CCCOCCO)C=CC1=O. The standard InChI is InChI=1S/C23H27NO8/c1-15-19(16-7-4-3-5-8-16)32-23(28)24(15)22(27)21(29-2)20-18(26)11-10-17(31-20)9-6-13-30-14-12-25/h3-5,7-11,15,19-21,25H,6,12-14H2,1-2H3/t15-,19-,20-,21-/m1/s1. The van der Waals surface area contributed by atoms with Crippen LogP contribution in [0.4, 0.5) is 4.79 Å². The van der Waals surface area contributed by atoms with Gasteiger partial charge in [-0.1, -0.05) is 30.3 Å². The number of carbonyl (C=O) groups excluding carboxylic acids is 3. The summed E-state index contributed by atoms with van der Waals surface area (Å²) in [6, 6.07) is 8.52. The van der Waals surface area contributed by atoms with Gasteiger partial charge in [0.2, 0.25) is 0 Å². The molecule has 2 aliphatic heterocycles. The second kappa shape index (κ2) is 11.0. The van der Waals surface area contributed by atoms with Crippen molar-refractivity contribution < 1.29 is 38.4 Å². The van der Waals surface area contributed by atoms with E-state index in [1.165, 1.54) is 19.3 Å². The Kier molecular flexibility index (Phi) is 8.15. The second-order valence-electron chi connectivity index (χ2n) is 7.33. The van der Waals surface area contributed by atoms with Crippen molar-refractivity contribution >= 4 is 17.8 Å². The van der Waals surface area contributed by atoms with Gasteiger partial charge in [0.15, 0.2) is 18.0 Å². The average molecular weight is 445 g/mol. The molecule has 0 aliphatic carbocycles. The lowest BCUT2D eigenvalue weighted by molar-refractivity contribution is -0.153. The van der Waals surface area contributed by atoms with Gasteiger partial charge >= 0.3 is 6.09 Å². The van der Waals surface area contributed by atoms with Crippen LogP contribution in [-0.4, -0.2) is 73.0 Å². The lowest BCUT2D eigenvalue weighted by Gasteiger charge is -2.30. The molecular formula is C23H27NO8. The fraction of sp³-hybridized carbons (Fsp3) is 0.435. The first-order valence-corrected chi connectivity index (χ1v) is 10.4. The molecule has 1 saturated heterocycles. The maximum Gasteiger partial charge on any atom is 0.417 e. The smallest absolute Gasteiger partial charge is 0.417 e. The lowest BCUT2D eigenvalue weighted by Crippen LogP contribution is -2.52. The molecule has 1 aromatic carbocycles. The number of ketones is 1. The van der Waals surface area contributed by atoms with Crippen LogP contribution >= 0.6 is 0 Å². The maximum atomic E-state index is 13.2. The van der Waals surface area contributed by atoms with Crippen LogP contribution in [0.1, 0.15) is 25.0 Å². The van der Waals surface area contributed by atoms with E-state index >= 15 is 0 Å². The van der Waals surface area contributed by atoms with E-state index in [0.717, 1.165) is 10.5 Å². The second-order valence-corrected chi connectivity index (χ2v) is 7.33. The summed E-state index contributed by atoms with van der Waals surface area (Å²) in [6.45, 7) is 2.23. The summed E-state index contributed by atoms with van der Waals surface area (Å²) < 4.78 is 21.7. The van der Waals surface area contributed by atoms with Crippen molar-refractivity contribution in [2.75, 3.05) is 26.9 Å². The summed E-state index contributed by atoms with van der Waals surface area (Å²) in [5.41, 5.74) is 0.763. The number of hydrogen-bond acceptors (Lipinski definition) is 8. The Morgan fingerprint density at radius 3 is 2.62 bits per heavy atom. The third-order valence-corrected chi connectivity index (χ3v) is 5.21. The number of rotatable bonds is 9. The van der Waals surface area contributed by atoms with Crippen LogP contribution in [-0.2, 0) is 28.5 Å². The molecule has 1 aromatic rings. The van der Waals surface area contributed by atoms with Crippen LogP contribution in [0.25, 0.3) is 0 Å². The van der Waals surface area contributed by atoms with Gasteiger partial charge in [-0.05, 0) is 37.1 Å². The highest BCUT2D eigenvalue weighted by Crippen LogP contribution is 2.33. The van der Waals surface area contributed by atoms with E-state index < -0.39 is 42.1 Å². The summed E-state index contributed by atoms with van der Waals surface area (Å²) in [5.74, 6) is -0.766. The van der Waals surface area contributed by atoms with Gasteiger partial charge in [0, 0.05) is 7.11 Å². The van der Waals surface area contributed by atoms with Gasteiger partial charge in [0.1, 0.15) is 11.9 Å². The first-order chi connectivity index (χ1) is 15.5. The van der Waals surface area contributed by atoms with Crippen molar-refractivity contribution in [2.24, 2.45) is 0 Å². The molecule has 0 aromatic heterocycles. The minimum Gasteiger partial charge on any atom is -0.479 e. The summed E-state index contributed by atoms with van der Waals surface area (Å²) in [5, 5.41) is 8.73. The van der Waals surface area contributed by atoms with Gasteiger partial charge in [-0.25, -0.2) is 9.69 Å². The average Bonchev–Trinajstić information content (AvgIpc) is 3.10. The quantitative estimate of drug-likeness (QED) is 0.574. The number of cyclic esters (lactones) is 1. The molecule has 172 valence electrons. The molecule has 1 fully saturated rings. The van der Waals surface area contributed by atoms with Crippen LogP contribution in [0.3, 0.4) is 0 Å². The topological polar surface area (TPSA) is 112 Å². The van der Waals surface area contributed by atoms with Gasteiger partial charge in [-0.15, -0.1) is 0 Å². The predicted octanol–water partition coefficient (Wildman–Crippen LogP) is 1.92. The molecular weight excluding hydrogens is 418 g/mol. The van der Waals surface area contributed by atoms with Crippen molar-refractivity contribution in [1.29, 1.82) is 0 Å². The molecule has 0 saturated carbocycles. The minimum absolute atomic E-state index is 0.0658. The molecule has 0 bridgehead atoms. The summed E-state index contributed by atoms with van der Waals surface area (Å²) >= 11 is 0. The van der Waals surface area contributed by atoms with Crippen LogP contribution < -0.4 is 0 Å². The highest BCUT2D eigenvalue weighted by Gasteiger charge is 2.48. The van der Waals surface area contributed by atoms with E-state index in [2.05, 4.69) is 0 Å². The number of methoxy groups -OCH3 is 1. The Hall–Kier alpha value is -3.01. The number of allylic oxidation sites excluding steroid dienone is 1. The number of imide groups is 1. The van der Waals surface area contributed by atoms with Crippen molar-refractivity contribution in [2.45, 2.75) is 37.7 Å². The van der Waals surface area contributed by atoms with E-state index in [0.29, 0.717) is 18.8 Å². The number of benzene rings is 1. The largest absolute Gasteiger partial charge is 0.479 e. The fourth-order valence-electron chi connectivity index (χ4n) is 3.62. The van der Waals surface area contributed by atoms with Crippen molar-refractivity contribution in [1.82, 2.24) is 4.90 Å². The Balaban J connectivity index is 1.72. The Morgan fingerprint density at radius 1 is 1.19 bits per heavy atom. The molecule has 9 heteroatoms. The zero-order valence-corrected chi connectivity index (χ0v) is 18.0. The molecule has 2 heterocycles. The molecule has 4 atom stereocenters. The maximum absolute atomic E-state index is 13.2. The first-order valence-electron chi connectivity index (χ1n) is 10.4. The van der Waals surface area contributed by atoms with Gasteiger partial charge in [-0.2, -0.15) is 0 Å². The van der Waals surface area contributed by atoms with Crippen LogP contribution in [0.5, 0.6) is 0 Å². The van der Waals surface area contributed by atoms with E-state index in [4.69, 9.17) is 24.1 Å². The monoisotopic (exact) mass is 445 g/mol. The molecule has 32 heavy (non-hydrogen) atoms. The van der Waals surface area contributed by atoms with Gasteiger partial charge in [0.05, 0.1) is 25.9 Å². The molecule has 2 amide bonds. The highest BCUT2D eigenvalue weighted by molar-refractivity contribution is 6.03. The minimum atomic E-state index is -1.33. The van der Waals surface area contributed by atoms with Crippen molar-refractivity contribution in [3.8, 4) is 0 Å². The summed E-state index contributed by atoms with van der Waals surface area (Å²) in [4.78, 5) is 39.2. The molecule has 0 unspecified atom stereocenters. The number of amides is 2. The Morgan fingerprint density at radius 2 is 1.94 bits per heavy atom. The molecule has 0 spiro atoms. The number of aliphatic hydroxyl groups excluding tert-OH is 1. The predicted molar refractivity (Wildman–Crippen MR) is 112 cm³/mol. The van der Waals surface area contributed by atoms with E-state index in [1.807, 2.05) is 30.3 Å². The number of aliphatic hydroxyl groups is 1. The molecule has 1 N–H and O–H groups in total. The number of carbonyl (C=O) groups is 3. The molecule has 2 aliphatic rings. The first kappa shape index (κ1) is 23.6. The number of hydrogen-bond donors (Lipinski definition) is 1. The fourth-order valence-corrected chi connectivity index (χ4v) is 3.62. The lowest BCUT2D eigenvalue weighted by atomic mass is 10.0. The van der Waals surface area contributed by atoms with Crippen LogP contribution in [0, 0.1) is 0 Å². The third-order valence-electron chi connectivity index (χ3n) is 5.21. The summed E-state index contributed by atoms with van der Waals surface area (Å²) in [7, 11) is 1.28. The third kappa shape index (κ3) is 5.24. The zero-order valence-electron chi connectivity index (χ0n) is 18.0. The van der Waals surface area contributed by atoms with E-state index in [-0.39, 0.29) is 13.2 Å². The van der Waals surface area contributed by atoms with Gasteiger partial charge < -0.3 is 24.1 Å². The molecule has 0 radical (unpaired) electrons. The number of ether oxygens (including phenoxy) is 4. The van der Waals surface area contributed by atoms with E-state index in [1.54, 1.807) is 13.0 Å². The summed E-state index contributed by atoms with van der Waals surface area (Å²) in [6.07, 6.45) is 1.02. The molecule has 9 nitrogen and oxygen atoms in total.